The van der Waals surface area contributed by atoms with Crippen LogP contribution in [0, 0.1) is 0 Å². The number of aliphatic hydroxyl groups excluding tert-OH is 1. The number of hydrogen-bond donors (Lipinski definition) is 1. The van der Waals surface area contributed by atoms with Crippen LogP contribution in [0.2, 0.25) is 5.02 Å². The molecule has 104 valence electrons. The molecule has 1 aromatic carbocycles. The van der Waals surface area contributed by atoms with Crippen molar-refractivity contribution in [3.8, 4) is 0 Å². The average Bonchev–Trinajstić information content (AvgIpc) is 2.63. The van der Waals surface area contributed by atoms with Crippen LogP contribution in [0.4, 0.5) is 0 Å². The van der Waals surface area contributed by atoms with E-state index in [0.29, 0.717) is 11.4 Å². The smallest absolute Gasteiger partial charge is 0.227 e. The van der Waals surface area contributed by atoms with Crippen molar-refractivity contribution in [2.24, 2.45) is 0 Å². The van der Waals surface area contributed by atoms with Crippen molar-refractivity contribution in [2.75, 3.05) is 13.2 Å². The standard InChI is InChI=1S/C15H20ClNO2/c16-13-6-4-5-12(9-13)10-15(19)17-8-3-1-2-7-14(17)11-18/h4-6,9,14,18H,1-3,7-8,10-11H2. The van der Waals surface area contributed by atoms with Gasteiger partial charge in [0.25, 0.3) is 0 Å². The van der Waals surface area contributed by atoms with Crippen LogP contribution >= 0.6 is 11.6 Å². The van der Waals surface area contributed by atoms with E-state index in [4.69, 9.17) is 11.6 Å². The summed E-state index contributed by atoms with van der Waals surface area (Å²) in [6, 6.07) is 7.38. The Balaban J connectivity index is 2.04. The lowest BCUT2D eigenvalue weighted by Gasteiger charge is -2.28. The number of halogens is 1. The van der Waals surface area contributed by atoms with Crippen LogP contribution in [-0.4, -0.2) is 35.1 Å². The summed E-state index contributed by atoms with van der Waals surface area (Å²) in [5, 5.41) is 10.1. The highest BCUT2D eigenvalue weighted by Gasteiger charge is 2.24. The summed E-state index contributed by atoms with van der Waals surface area (Å²) in [5.41, 5.74) is 0.929. The highest BCUT2D eigenvalue weighted by atomic mass is 35.5. The van der Waals surface area contributed by atoms with Crippen LogP contribution in [-0.2, 0) is 11.2 Å². The third-order valence-corrected chi connectivity index (χ3v) is 3.89. The molecule has 1 heterocycles. The fraction of sp³-hybridized carbons (Fsp3) is 0.533. The number of rotatable bonds is 3. The SMILES string of the molecule is O=C(Cc1cccc(Cl)c1)N1CCCCCC1CO. The summed E-state index contributed by atoms with van der Waals surface area (Å²) in [4.78, 5) is 14.2. The lowest BCUT2D eigenvalue weighted by atomic mass is 10.1. The zero-order valence-electron chi connectivity index (χ0n) is 11.0. The van der Waals surface area contributed by atoms with Crippen molar-refractivity contribution >= 4 is 17.5 Å². The van der Waals surface area contributed by atoms with E-state index >= 15 is 0 Å². The zero-order valence-corrected chi connectivity index (χ0v) is 11.8. The molecule has 0 spiro atoms. The molecule has 1 aliphatic heterocycles. The van der Waals surface area contributed by atoms with Crippen molar-refractivity contribution in [3.05, 3.63) is 34.9 Å². The zero-order chi connectivity index (χ0) is 13.7. The second kappa shape index (κ2) is 6.92. The first-order valence-corrected chi connectivity index (χ1v) is 7.23. The third kappa shape index (κ3) is 3.95. The van der Waals surface area contributed by atoms with Crippen molar-refractivity contribution in [3.63, 3.8) is 0 Å². The molecule has 1 atom stereocenters. The molecule has 0 aromatic heterocycles. The summed E-state index contributed by atoms with van der Waals surface area (Å²) in [6.07, 6.45) is 4.51. The van der Waals surface area contributed by atoms with E-state index in [1.807, 2.05) is 23.1 Å². The van der Waals surface area contributed by atoms with Gasteiger partial charge in [0, 0.05) is 11.6 Å². The Labute approximate surface area is 119 Å². The van der Waals surface area contributed by atoms with E-state index in [-0.39, 0.29) is 18.6 Å². The lowest BCUT2D eigenvalue weighted by Crippen LogP contribution is -2.42. The van der Waals surface area contributed by atoms with Gasteiger partial charge in [-0.05, 0) is 30.5 Å². The Kier molecular flexibility index (Phi) is 5.23. The number of amides is 1. The highest BCUT2D eigenvalue weighted by molar-refractivity contribution is 6.30. The molecule has 2 rings (SSSR count). The minimum absolute atomic E-state index is 0.0193. The molecule has 4 heteroatoms. The number of likely N-dealkylation sites (tertiary alicyclic amines) is 1. The van der Waals surface area contributed by atoms with Crippen molar-refractivity contribution in [1.82, 2.24) is 4.90 Å². The first kappa shape index (κ1) is 14.4. The summed E-state index contributed by atoms with van der Waals surface area (Å²) in [7, 11) is 0. The van der Waals surface area contributed by atoms with Gasteiger partial charge in [0.15, 0.2) is 0 Å². The van der Waals surface area contributed by atoms with Crippen molar-refractivity contribution < 1.29 is 9.90 Å². The molecule has 0 radical (unpaired) electrons. The largest absolute Gasteiger partial charge is 0.394 e. The van der Waals surface area contributed by atoms with E-state index in [1.54, 1.807) is 6.07 Å². The first-order valence-electron chi connectivity index (χ1n) is 6.85. The number of nitrogens with zero attached hydrogens (tertiary/aromatic N) is 1. The lowest BCUT2D eigenvalue weighted by molar-refractivity contribution is -0.133. The Morgan fingerprint density at radius 2 is 2.21 bits per heavy atom. The van der Waals surface area contributed by atoms with Crippen LogP contribution in [0.1, 0.15) is 31.2 Å². The van der Waals surface area contributed by atoms with E-state index in [1.165, 1.54) is 0 Å². The molecule has 19 heavy (non-hydrogen) atoms. The Morgan fingerprint density at radius 1 is 1.37 bits per heavy atom. The van der Waals surface area contributed by atoms with Crippen LogP contribution in [0.5, 0.6) is 0 Å². The van der Waals surface area contributed by atoms with E-state index < -0.39 is 0 Å². The minimum Gasteiger partial charge on any atom is -0.394 e. The molecule has 1 aliphatic rings. The normalized spacial score (nSPS) is 20.1. The van der Waals surface area contributed by atoms with Gasteiger partial charge in [-0.1, -0.05) is 36.6 Å². The monoisotopic (exact) mass is 281 g/mol. The second-order valence-corrected chi connectivity index (χ2v) is 5.52. The fourth-order valence-corrected chi connectivity index (χ4v) is 2.83. The molecular formula is C15H20ClNO2. The maximum absolute atomic E-state index is 12.4. The molecule has 1 saturated heterocycles. The molecule has 1 amide bonds. The Morgan fingerprint density at radius 3 is 2.95 bits per heavy atom. The topological polar surface area (TPSA) is 40.5 Å². The predicted octanol–water partition coefficient (Wildman–Crippen LogP) is 2.65. The molecule has 3 nitrogen and oxygen atoms in total. The number of carbonyl (C=O) groups excluding carboxylic acids is 1. The molecule has 0 aliphatic carbocycles. The van der Waals surface area contributed by atoms with Gasteiger partial charge < -0.3 is 10.0 Å². The number of hydrogen-bond acceptors (Lipinski definition) is 2. The first-order chi connectivity index (χ1) is 9.20. The quantitative estimate of drug-likeness (QED) is 0.925. The minimum atomic E-state index is -0.0193. The highest BCUT2D eigenvalue weighted by Crippen LogP contribution is 2.18. The van der Waals surface area contributed by atoms with Gasteiger partial charge in [-0.3, -0.25) is 4.79 Å². The molecule has 0 bridgehead atoms. The van der Waals surface area contributed by atoms with Gasteiger partial charge in [-0.2, -0.15) is 0 Å². The summed E-state index contributed by atoms with van der Waals surface area (Å²) >= 11 is 5.93. The van der Waals surface area contributed by atoms with E-state index in [9.17, 15) is 9.90 Å². The molecule has 0 saturated carbocycles. The maximum Gasteiger partial charge on any atom is 0.227 e. The summed E-state index contributed by atoms with van der Waals surface area (Å²) < 4.78 is 0. The van der Waals surface area contributed by atoms with Crippen molar-refractivity contribution in [2.45, 2.75) is 38.1 Å². The summed E-state index contributed by atoms with van der Waals surface area (Å²) in [6.45, 7) is 0.811. The second-order valence-electron chi connectivity index (χ2n) is 5.08. The van der Waals surface area contributed by atoms with Crippen molar-refractivity contribution in [1.29, 1.82) is 0 Å². The molecule has 1 fully saturated rings. The molecule has 1 unspecified atom stereocenters. The Bertz CT molecular complexity index is 436. The van der Waals surface area contributed by atoms with Crippen LogP contribution < -0.4 is 0 Å². The molecule has 1 aromatic rings. The van der Waals surface area contributed by atoms with Gasteiger partial charge in [0.05, 0.1) is 19.1 Å². The van der Waals surface area contributed by atoms with E-state index in [0.717, 1.165) is 37.8 Å². The van der Waals surface area contributed by atoms with Gasteiger partial charge in [-0.25, -0.2) is 0 Å². The predicted molar refractivity (Wildman–Crippen MR) is 76.2 cm³/mol. The van der Waals surface area contributed by atoms with Crippen LogP contribution in [0.15, 0.2) is 24.3 Å². The van der Waals surface area contributed by atoms with Gasteiger partial charge >= 0.3 is 0 Å². The van der Waals surface area contributed by atoms with Crippen LogP contribution in [0.25, 0.3) is 0 Å². The number of carbonyl (C=O) groups is 1. The molecule has 1 N–H and O–H groups in total. The average molecular weight is 282 g/mol. The van der Waals surface area contributed by atoms with E-state index in [2.05, 4.69) is 0 Å². The maximum atomic E-state index is 12.4. The third-order valence-electron chi connectivity index (χ3n) is 3.65. The van der Waals surface area contributed by atoms with Crippen LogP contribution in [0.3, 0.4) is 0 Å². The number of aliphatic hydroxyl groups is 1. The Hall–Kier alpha value is -1.06. The van der Waals surface area contributed by atoms with Gasteiger partial charge in [-0.15, -0.1) is 0 Å². The van der Waals surface area contributed by atoms with Gasteiger partial charge in [0.2, 0.25) is 5.91 Å². The number of benzene rings is 1. The molecular weight excluding hydrogens is 262 g/mol. The van der Waals surface area contributed by atoms with Gasteiger partial charge in [0.1, 0.15) is 0 Å². The fourth-order valence-electron chi connectivity index (χ4n) is 2.62. The summed E-state index contributed by atoms with van der Waals surface area (Å²) in [5.74, 6) is 0.0863.